The van der Waals surface area contributed by atoms with E-state index in [9.17, 15) is 9.59 Å². The van der Waals surface area contributed by atoms with E-state index in [4.69, 9.17) is 13.3 Å². The van der Waals surface area contributed by atoms with E-state index in [2.05, 4.69) is 13.1 Å². The summed E-state index contributed by atoms with van der Waals surface area (Å²) in [6, 6.07) is 0.404. The minimum absolute atomic E-state index is 0.0369. The van der Waals surface area contributed by atoms with Crippen LogP contribution in [0.25, 0.3) is 0 Å². The average Bonchev–Trinajstić information content (AvgIpc) is 2.40. The lowest BCUT2D eigenvalue weighted by Crippen LogP contribution is -2.46. The van der Waals surface area contributed by atoms with Crippen LogP contribution in [0.1, 0.15) is 12.8 Å². The second kappa shape index (κ2) is 10.2. The smallest absolute Gasteiger partial charge is 0.310 e. The summed E-state index contributed by atoms with van der Waals surface area (Å²) in [4.78, 5) is 26.9. The molecule has 0 saturated heterocycles. The third-order valence-corrected chi connectivity index (χ3v) is 8.15. The summed E-state index contributed by atoms with van der Waals surface area (Å²) >= 11 is 0. The van der Waals surface area contributed by atoms with Crippen molar-refractivity contribution in [2.45, 2.75) is 77.3 Å². The summed E-state index contributed by atoms with van der Waals surface area (Å²) in [5.41, 5.74) is 0. The standard InChI is InChI=1S/C17H39NO5Si3/c1-18(12-11-13-26(9,10)21-2)15(17(20)23-25(6,7)8)14-16(19)22-24(3,4)5/h15H,11-14H2,1-10H3. The predicted molar refractivity (Wildman–Crippen MR) is 114 cm³/mol. The molecular formula is C17H39NO5Si3. The monoisotopic (exact) mass is 421 g/mol. The van der Waals surface area contributed by atoms with Crippen LogP contribution in [-0.4, -0.2) is 68.5 Å². The molecule has 0 aliphatic heterocycles. The van der Waals surface area contributed by atoms with Crippen molar-refractivity contribution in [2.24, 2.45) is 0 Å². The lowest BCUT2D eigenvalue weighted by molar-refractivity contribution is -0.147. The van der Waals surface area contributed by atoms with Gasteiger partial charge in [-0.3, -0.25) is 14.5 Å². The molecule has 0 rings (SSSR count). The van der Waals surface area contributed by atoms with E-state index in [0.29, 0.717) is 6.54 Å². The summed E-state index contributed by atoms with van der Waals surface area (Å²) in [6.07, 6.45) is 0.957. The lowest BCUT2D eigenvalue weighted by atomic mass is 10.2. The molecule has 0 aromatic carbocycles. The molecule has 1 atom stereocenters. The topological polar surface area (TPSA) is 65.1 Å². The fourth-order valence-electron chi connectivity index (χ4n) is 2.34. The SMILES string of the molecule is CO[Si](C)(C)CCCN(C)C(CC(=O)O[Si](C)(C)C)C(=O)O[Si](C)(C)C. The maximum Gasteiger partial charge on any atom is 0.310 e. The molecule has 0 aromatic heterocycles. The first-order valence-corrected chi connectivity index (χ1v) is 19.2. The van der Waals surface area contributed by atoms with Gasteiger partial charge in [0.2, 0.25) is 16.6 Å². The Morgan fingerprint density at radius 2 is 1.42 bits per heavy atom. The van der Waals surface area contributed by atoms with E-state index < -0.39 is 31.0 Å². The number of hydrogen-bond acceptors (Lipinski definition) is 6. The number of hydrogen-bond donors (Lipinski definition) is 0. The van der Waals surface area contributed by atoms with Gasteiger partial charge in [0, 0.05) is 7.11 Å². The minimum atomic E-state index is -2.03. The zero-order chi connectivity index (χ0) is 20.8. The molecule has 154 valence electrons. The van der Waals surface area contributed by atoms with Crippen molar-refractivity contribution < 1.29 is 22.9 Å². The molecule has 0 N–H and O–H groups in total. The third kappa shape index (κ3) is 12.0. The van der Waals surface area contributed by atoms with Gasteiger partial charge in [-0.15, -0.1) is 0 Å². The Morgan fingerprint density at radius 3 is 1.85 bits per heavy atom. The molecule has 1 unspecified atom stereocenters. The number of carbonyl (C=O) groups is 2. The van der Waals surface area contributed by atoms with Gasteiger partial charge in [0.15, 0.2) is 8.32 Å². The summed E-state index contributed by atoms with van der Waals surface area (Å²) in [7, 11) is -2.00. The third-order valence-electron chi connectivity index (χ3n) is 3.83. The van der Waals surface area contributed by atoms with E-state index in [1.165, 1.54) is 0 Å². The molecule has 0 bridgehead atoms. The minimum Gasteiger partial charge on any atom is -0.520 e. The Labute approximate surface area is 163 Å². The molecule has 0 heterocycles. The molecule has 0 radical (unpaired) electrons. The first kappa shape index (κ1) is 25.5. The molecule has 0 amide bonds. The Morgan fingerprint density at radius 1 is 0.923 bits per heavy atom. The van der Waals surface area contributed by atoms with Crippen molar-refractivity contribution in [3.05, 3.63) is 0 Å². The van der Waals surface area contributed by atoms with Gasteiger partial charge in [-0.05, 0) is 78.4 Å². The van der Waals surface area contributed by atoms with E-state index in [1.807, 2.05) is 51.2 Å². The van der Waals surface area contributed by atoms with Crippen LogP contribution in [-0.2, 0) is 22.9 Å². The van der Waals surface area contributed by atoms with Gasteiger partial charge in [0.25, 0.3) is 5.97 Å². The van der Waals surface area contributed by atoms with E-state index >= 15 is 0 Å². The van der Waals surface area contributed by atoms with Crippen LogP contribution in [0.15, 0.2) is 0 Å². The number of likely N-dealkylation sites (N-methyl/N-ethyl adjacent to an activating group) is 1. The molecule has 0 aliphatic carbocycles. The molecule has 0 spiro atoms. The fraction of sp³-hybridized carbons (Fsp3) is 0.882. The van der Waals surface area contributed by atoms with Gasteiger partial charge in [-0.25, -0.2) is 0 Å². The van der Waals surface area contributed by atoms with Crippen LogP contribution in [0.3, 0.4) is 0 Å². The zero-order valence-electron chi connectivity index (χ0n) is 18.4. The maximum atomic E-state index is 12.7. The summed E-state index contributed by atoms with van der Waals surface area (Å²) < 4.78 is 16.8. The zero-order valence-corrected chi connectivity index (χ0v) is 21.4. The Hall–Kier alpha value is -0.489. The number of rotatable bonds is 11. The van der Waals surface area contributed by atoms with Crippen molar-refractivity contribution in [3.8, 4) is 0 Å². The molecule has 26 heavy (non-hydrogen) atoms. The summed E-state index contributed by atoms with van der Waals surface area (Å²) in [5, 5.41) is 0. The molecule has 6 nitrogen and oxygen atoms in total. The van der Waals surface area contributed by atoms with Crippen molar-refractivity contribution in [2.75, 3.05) is 20.7 Å². The molecule has 0 fully saturated rings. The maximum absolute atomic E-state index is 12.7. The fourth-order valence-corrected chi connectivity index (χ4v) is 5.06. The van der Waals surface area contributed by atoms with Gasteiger partial charge in [-0.2, -0.15) is 0 Å². The van der Waals surface area contributed by atoms with E-state index in [-0.39, 0.29) is 18.4 Å². The highest BCUT2D eigenvalue weighted by Crippen LogP contribution is 2.17. The van der Waals surface area contributed by atoms with E-state index in [0.717, 1.165) is 12.5 Å². The Kier molecular flexibility index (Phi) is 9.97. The molecule has 0 saturated carbocycles. The van der Waals surface area contributed by atoms with Crippen LogP contribution in [0, 0.1) is 0 Å². The highest BCUT2D eigenvalue weighted by atomic mass is 28.4. The van der Waals surface area contributed by atoms with Crippen LogP contribution < -0.4 is 0 Å². The first-order chi connectivity index (χ1) is 11.6. The summed E-state index contributed by atoms with van der Waals surface area (Å²) in [6.45, 7) is 16.8. The number of nitrogens with zero attached hydrogens (tertiary/aromatic N) is 1. The van der Waals surface area contributed by atoms with Crippen molar-refractivity contribution in [1.29, 1.82) is 0 Å². The average molecular weight is 422 g/mol. The molecule has 0 aliphatic rings. The molecule has 9 heteroatoms. The largest absolute Gasteiger partial charge is 0.520 e. The molecular weight excluding hydrogens is 382 g/mol. The van der Waals surface area contributed by atoms with Crippen molar-refractivity contribution in [3.63, 3.8) is 0 Å². The van der Waals surface area contributed by atoms with Gasteiger partial charge in [0.1, 0.15) is 6.04 Å². The van der Waals surface area contributed by atoms with Gasteiger partial charge < -0.3 is 13.3 Å². The number of carbonyl (C=O) groups excluding carboxylic acids is 2. The van der Waals surface area contributed by atoms with Gasteiger partial charge >= 0.3 is 5.97 Å². The second-order valence-electron chi connectivity index (χ2n) is 9.39. The Bertz CT molecular complexity index is 472. The highest BCUT2D eigenvalue weighted by molar-refractivity contribution is 6.72. The van der Waals surface area contributed by atoms with Crippen molar-refractivity contribution in [1.82, 2.24) is 4.90 Å². The lowest BCUT2D eigenvalue weighted by Gasteiger charge is -2.30. The van der Waals surface area contributed by atoms with Gasteiger partial charge in [-0.1, -0.05) is 0 Å². The molecule has 0 aromatic rings. The highest BCUT2D eigenvalue weighted by Gasteiger charge is 2.33. The summed E-state index contributed by atoms with van der Waals surface area (Å²) in [5.74, 6) is -0.637. The predicted octanol–water partition coefficient (Wildman–Crippen LogP) is 3.67. The second-order valence-corrected chi connectivity index (χ2v) is 22.7. The Balaban J connectivity index is 5.01. The van der Waals surface area contributed by atoms with Crippen LogP contribution in [0.2, 0.25) is 58.4 Å². The van der Waals surface area contributed by atoms with Gasteiger partial charge in [0.05, 0.1) is 6.42 Å². The quantitative estimate of drug-likeness (QED) is 0.474. The van der Waals surface area contributed by atoms with Crippen LogP contribution in [0.4, 0.5) is 0 Å². The van der Waals surface area contributed by atoms with Crippen LogP contribution in [0.5, 0.6) is 0 Å². The van der Waals surface area contributed by atoms with Crippen molar-refractivity contribution >= 4 is 36.9 Å². The first-order valence-electron chi connectivity index (χ1n) is 9.26. The van der Waals surface area contributed by atoms with E-state index in [1.54, 1.807) is 7.11 Å². The normalized spacial score (nSPS) is 14.3. The van der Waals surface area contributed by atoms with Crippen LogP contribution >= 0.6 is 0 Å².